The normalized spacial score (nSPS) is 13.6. The molecule has 0 aromatic heterocycles. The zero-order chi connectivity index (χ0) is 19.4. The van der Waals surface area contributed by atoms with Crippen molar-refractivity contribution in [2.75, 3.05) is 11.4 Å². The first-order chi connectivity index (χ1) is 12.9. The SMILES string of the molecule is CC(C)CC(=O)N1CCCc2cc(CCC(=O)c3cccc(Cl)c3)ccc21. The van der Waals surface area contributed by atoms with Crippen LogP contribution in [-0.2, 0) is 17.6 Å². The molecule has 1 aliphatic heterocycles. The summed E-state index contributed by atoms with van der Waals surface area (Å²) in [6.07, 6.45) is 3.70. The molecule has 27 heavy (non-hydrogen) atoms. The van der Waals surface area contributed by atoms with Gasteiger partial charge < -0.3 is 4.90 Å². The Bertz CT molecular complexity index is 844. The van der Waals surface area contributed by atoms with Crippen LogP contribution in [0, 0.1) is 5.92 Å². The van der Waals surface area contributed by atoms with Crippen molar-refractivity contribution >= 4 is 29.0 Å². The summed E-state index contributed by atoms with van der Waals surface area (Å²) < 4.78 is 0. The predicted octanol–water partition coefficient (Wildman–Crippen LogP) is 5.48. The van der Waals surface area contributed by atoms with Crippen LogP contribution >= 0.6 is 11.6 Å². The second kappa shape index (κ2) is 8.71. The Hall–Kier alpha value is -2.13. The maximum Gasteiger partial charge on any atom is 0.227 e. The molecule has 0 saturated heterocycles. The predicted molar refractivity (Wildman–Crippen MR) is 111 cm³/mol. The molecule has 0 bridgehead atoms. The van der Waals surface area contributed by atoms with Crippen molar-refractivity contribution in [1.82, 2.24) is 0 Å². The molecule has 1 aliphatic rings. The number of hydrogen-bond donors (Lipinski definition) is 0. The summed E-state index contributed by atoms with van der Waals surface area (Å²) in [4.78, 5) is 26.8. The topological polar surface area (TPSA) is 37.4 Å². The summed E-state index contributed by atoms with van der Waals surface area (Å²) in [6, 6.07) is 13.4. The van der Waals surface area contributed by atoms with E-state index >= 15 is 0 Å². The monoisotopic (exact) mass is 383 g/mol. The van der Waals surface area contributed by atoms with Gasteiger partial charge in [0.05, 0.1) is 0 Å². The summed E-state index contributed by atoms with van der Waals surface area (Å²) in [5.74, 6) is 0.665. The smallest absolute Gasteiger partial charge is 0.227 e. The molecule has 2 aromatic carbocycles. The molecule has 0 radical (unpaired) electrons. The van der Waals surface area contributed by atoms with Crippen LogP contribution in [0.2, 0.25) is 5.02 Å². The fraction of sp³-hybridized carbons (Fsp3) is 0.391. The van der Waals surface area contributed by atoms with Gasteiger partial charge in [-0.3, -0.25) is 9.59 Å². The Balaban J connectivity index is 1.69. The minimum atomic E-state index is 0.101. The lowest BCUT2D eigenvalue weighted by Crippen LogP contribution is -2.36. The third-order valence-corrected chi connectivity index (χ3v) is 5.17. The first kappa shape index (κ1) is 19.6. The third kappa shape index (κ3) is 4.98. The Kier molecular flexibility index (Phi) is 6.33. The van der Waals surface area contributed by atoms with E-state index in [4.69, 9.17) is 11.6 Å². The van der Waals surface area contributed by atoms with Crippen LogP contribution in [0.5, 0.6) is 0 Å². The second-order valence-corrected chi connectivity index (χ2v) is 8.08. The number of nitrogens with zero attached hydrogens (tertiary/aromatic N) is 1. The van der Waals surface area contributed by atoms with Gasteiger partial charge in [0.2, 0.25) is 5.91 Å². The van der Waals surface area contributed by atoms with Crippen molar-refractivity contribution in [2.24, 2.45) is 5.92 Å². The van der Waals surface area contributed by atoms with Gasteiger partial charge in [-0.25, -0.2) is 0 Å². The first-order valence-corrected chi connectivity index (χ1v) is 10.0. The number of benzene rings is 2. The highest BCUT2D eigenvalue weighted by atomic mass is 35.5. The molecular weight excluding hydrogens is 358 g/mol. The number of amides is 1. The van der Waals surface area contributed by atoms with E-state index in [1.165, 1.54) is 5.56 Å². The number of halogens is 1. The highest BCUT2D eigenvalue weighted by molar-refractivity contribution is 6.31. The lowest BCUT2D eigenvalue weighted by molar-refractivity contribution is -0.119. The maximum atomic E-state index is 12.5. The highest BCUT2D eigenvalue weighted by Gasteiger charge is 2.23. The summed E-state index contributed by atoms with van der Waals surface area (Å²) in [5, 5.41) is 0.584. The fourth-order valence-corrected chi connectivity index (χ4v) is 3.78. The molecule has 0 aliphatic carbocycles. The molecular formula is C23H26ClNO2. The number of aryl methyl sites for hydroxylation is 2. The molecule has 0 unspecified atom stereocenters. The Morgan fingerprint density at radius 3 is 2.70 bits per heavy atom. The van der Waals surface area contributed by atoms with Crippen LogP contribution in [0.15, 0.2) is 42.5 Å². The van der Waals surface area contributed by atoms with Gasteiger partial charge in [-0.05, 0) is 54.5 Å². The Morgan fingerprint density at radius 1 is 1.15 bits per heavy atom. The Morgan fingerprint density at radius 2 is 1.96 bits per heavy atom. The molecule has 2 aromatic rings. The second-order valence-electron chi connectivity index (χ2n) is 7.64. The van der Waals surface area contributed by atoms with Gasteiger partial charge in [0.1, 0.15) is 0 Å². The van der Waals surface area contributed by atoms with Crippen LogP contribution in [0.25, 0.3) is 0 Å². The lowest BCUT2D eigenvalue weighted by atomic mass is 9.95. The molecule has 142 valence electrons. The van der Waals surface area contributed by atoms with Gasteiger partial charge in [-0.15, -0.1) is 0 Å². The van der Waals surface area contributed by atoms with Crippen LogP contribution < -0.4 is 4.90 Å². The average Bonchev–Trinajstić information content (AvgIpc) is 2.64. The van der Waals surface area contributed by atoms with E-state index in [-0.39, 0.29) is 11.7 Å². The minimum Gasteiger partial charge on any atom is -0.312 e. The number of Topliss-reactive ketones (excluding diaryl/α,β-unsaturated/α-hetero) is 1. The molecule has 1 heterocycles. The van der Waals surface area contributed by atoms with Crippen molar-refractivity contribution in [2.45, 2.75) is 46.0 Å². The number of hydrogen-bond acceptors (Lipinski definition) is 2. The average molecular weight is 384 g/mol. The van der Waals surface area contributed by atoms with Gasteiger partial charge in [-0.2, -0.15) is 0 Å². The summed E-state index contributed by atoms with van der Waals surface area (Å²) in [5.41, 5.74) is 4.05. The van der Waals surface area contributed by atoms with Crippen LogP contribution in [0.1, 0.15) is 54.6 Å². The van der Waals surface area contributed by atoms with Gasteiger partial charge in [0.25, 0.3) is 0 Å². The zero-order valence-electron chi connectivity index (χ0n) is 16.0. The molecule has 0 spiro atoms. The van der Waals surface area contributed by atoms with Gasteiger partial charge in [-0.1, -0.05) is 49.7 Å². The standard InChI is InChI=1S/C23H26ClNO2/c1-16(2)13-23(27)25-12-4-6-18-14-17(8-10-21(18)25)9-11-22(26)19-5-3-7-20(24)15-19/h3,5,7-8,10,14-16H,4,6,9,11-13H2,1-2H3. The molecule has 0 fully saturated rings. The van der Waals surface area contributed by atoms with Crippen molar-refractivity contribution in [3.63, 3.8) is 0 Å². The van der Waals surface area contributed by atoms with Crippen LogP contribution in [-0.4, -0.2) is 18.2 Å². The number of carbonyl (C=O) groups is 2. The van der Waals surface area contributed by atoms with Gasteiger partial charge >= 0.3 is 0 Å². The molecule has 1 amide bonds. The highest BCUT2D eigenvalue weighted by Crippen LogP contribution is 2.29. The largest absolute Gasteiger partial charge is 0.312 e. The fourth-order valence-electron chi connectivity index (χ4n) is 3.59. The number of rotatable bonds is 6. The number of ketones is 1. The molecule has 3 nitrogen and oxygen atoms in total. The summed E-state index contributed by atoms with van der Waals surface area (Å²) in [7, 11) is 0. The minimum absolute atomic E-state index is 0.101. The number of carbonyl (C=O) groups excluding carboxylic acids is 2. The van der Waals surface area contributed by atoms with Gasteiger partial charge in [0, 0.05) is 35.7 Å². The van der Waals surface area contributed by atoms with Crippen molar-refractivity contribution in [3.8, 4) is 0 Å². The van der Waals surface area contributed by atoms with E-state index in [0.29, 0.717) is 35.8 Å². The van der Waals surface area contributed by atoms with Crippen molar-refractivity contribution in [3.05, 3.63) is 64.2 Å². The van der Waals surface area contributed by atoms with Crippen LogP contribution in [0.3, 0.4) is 0 Å². The number of fused-ring (bicyclic) bond motifs is 1. The van der Waals surface area contributed by atoms with E-state index in [1.54, 1.807) is 24.3 Å². The molecule has 0 N–H and O–H groups in total. The van der Waals surface area contributed by atoms with Crippen molar-refractivity contribution in [1.29, 1.82) is 0 Å². The molecule has 3 rings (SSSR count). The van der Waals surface area contributed by atoms with E-state index in [2.05, 4.69) is 19.9 Å². The van der Waals surface area contributed by atoms with E-state index < -0.39 is 0 Å². The van der Waals surface area contributed by atoms with Crippen molar-refractivity contribution < 1.29 is 9.59 Å². The van der Waals surface area contributed by atoms with Crippen LogP contribution in [0.4, 0.5) is 5.69 Å². The van der Waals surface area contributed by atoms with E-state index in [1.807, 2.05) is 17.0 Å². The quantitative estimate of drug-likeness (QED) is 0.619. The molecule has 0 saturated carbocycles. The van der Waals surface area contributed by atoms with Gasteiger partial charge in [0.15, 0.2) is 5.78 Å². The van der Waals surface area contributed by atoms with E-state index in [9.17, 15) is 9.59 Å². The Labute approximate surface area is 166 Å². The summed E-state index contributed by atoms with van der Waals surface area (Å²) in [6.45, 7) is 4.94. The maximum absolute atomic E-state index is 12.5. The molecule has 0 atom stereocenters. The lowest BCUT2D eigenvalue weighted by Gasteiger charge is -2.30. The third-order valence-electron chi connectivity index (χ3n) is 4.93. The molecule has 4 heteroatoms. The summed E-state index contributed by atoms with van der Waals surface area (Å²) >= 11 is 5.97. The van der Waals surface area contributed by atoms with E-state index in [0.717, 1.165) is 30.6 Å². The number of anilines is 1. The zero-order valence-corrected chi connectivity index (χ0v) is 16.8. The first-order valence-electron chi connectivity index (χ1n) is 9.65.